The molecule has 3 N–H and O–H groups in total. The van der Waals surface area contributed by atoms with Crippen molar-refractivity contribution in [1.29, 1.82) is 0 Å². The number of H-pyrrole nitrogens is 2. The van der Waals surface area contributed by atoms with Crippen LogP contribution in [0, 0.1) is 0 Å². The highest BCUT2D eigenvalue weighted by atomic mass is 32.2. The highest BCUT2D eigenvalue weighted by molar-refractivity contribution is 8.05. The third kappa shape index (κ3) is 5.40. The predicted octanol–water partition coefficient (Wildman–Crippen LogP) is 7.58. The maximum Gasteiger partial charge on any atom is 0.410 e. The first-order valence-electron chi connectivity index (χ1n) is 14.3. The number of aromatic nitrogens is 4. The summed E-state index contributed by atoms with van der Waals surface area (Å²) in [5, 5.41) is 3.52. The standard InChI is InChI=1S/C31H34N6O2S2/c1-31(2,3)39-30(38)37-13-5-7-23(37)29-34-17-22(36-29)19-9-11-25-27(15-19)41-26-14-18(8-10-24(26)40-25)21-16-33-28(35-21)20-6-4-12-32-20/h8-11,14-17,20,23,32H,4-7,12-13H2,1-3H3,(H,33,35)(H,34,36). The van der Waals surface area contributed by atoms with Gasteiger partial charge in [0, 0.05) is 37.3 Å². The van der Waals surface area contributed by atoms with Crippen molar-refractivity contribution in [3.8, 4) is 22.5 Å². The van der Waals surface area contributed by atoms with Crippen LogP contribution in [-0.4, -0.2) is 49.6 Å². The second kappa shape index (κ2) is 10.6. The summed E-state index contributed by atoms with van der Waals surface area (Å²) in [7, 11) is 0. The molecule has 2 aromatic heterocycles. The third-order valence-corrected chi connectivity index (χ3v) is 10.3. The quantitative estimate of drug-likeness (QED) is 0.200. The number of carbonyl (C=O) groups is 1. The van der Waals surface area contributed by atoms with Gasteiger partial charge in [-0.05, 0) is 77.3 Å². The molecule has 2 saturated heterocycles. The van der Waals surface area contributed by atoms with E-state index in [9.17, 15) is 4.79 Å². The predicted molar refractivity (Wildman–Crippen MR) is 161 cm³/mol. The Kier molecular flexibility index (Phi) is 6.87. The summed E-state index contributed by atoms with van der Waals surface area (Å²) in [6, 6.07) is 13.5. The van der Waals surface area contributed by atoms with Crippen LogP contribution in [-0.2, 0) is 4.74 Å². The summed E-state index contributed by atoms with van der Waals surface area (Å²) in [4.78, 5) is 36.0. The molecule has 41 heavy (non-hydrogen) atoms. The molecule has 0 radical (unpaired) electrons. The minimum absolute atomic E-state index is 0.0982. The SMILES string of the molecule is CC(C)(C)OC(=O)N1CCCC1c1ncc(-c2ccc3c(c2)Sc2cc(-c4cnc(C5CCCN5)[nH]4)ccc2S3)[nH]1. The largest absolute Gasteiger partial charge is 0.444 e. The molecule has 0 spiro atoms. The van der Waals surface area contributed by atoms with Crippen molar-refractivity contribution < 1.29 is 9.53 Å². The van der Waals surface area contributed by atoms with Gasteiger partial charge >= 0.3 is 6.09 Å². The summed E-state index contributed by atoms with van der Waals surface area (Å²) in [5.41, 5.74) is 3.72. The van der Waals surface area contributed by atoms with E-state index in [4.69, 9.17) is 9.72 Å². The molecule has 2 aromatic carbocycles. The van der Waals surface area contributed by atoms with Crippen LogP contribution in [0.1, 0.15) is 70.2 Å². The van der Waals surface area contributed by atoms with Gasteiger partial charge in [0.25, 0.3) is 0 Å². The van der Waals surface area contributed by atoms with Crippen LogP contribution in [0.2, 0.25) is 0 Å². The number of ether oxygens (including phenoxy) is 1. The Hall–Kier alpha value is -3.21. The fourth-order valence-electron chi connectivity index (χ4n) is 5.74. The van der Waals surface area contributed by atoms with E-state index in [0.29, 0.717) is 12.6 Å². The molecule has 3 aliphatic heterocycles. The molecule has 2 atom stereocenters. The van der Waals surface area contributed by atoms with Crippen molar-refractivity contribution in [2.75, 3.05) is 13.1 Å². The lowest BCUT2D eigenvalue weighted by Gasteiger charge is -2.27. The van der Waals surface area contributed by atoms with Gasteiger partial charge < -0.3 is 20.0 Å². The molecule has 0 bridgehead atoms. The fourth-order valence-corrected chi connectivity index (χ4v) is 8.01. The molecule has 2 unspecified atom stereocenters. The van der Waals surface area contributed by atoms with Gasteiger partial charge in [0.2, 0.25) is 0 Å². The average molecular weight is 587 g/mol. The maximum atomic E-state index is 12.8. The van der Waals surface area contributed by atoms with Gasteiger partial charge in [-0.3, -0.25) is 4.90 Å². The fraction of sp³-hybridized carbons (Fsp3) is 0.387. The minimum Gasteiger partial charge on any atom is -0.444 e. The number of aromatic amines is 2. The number of likely N-dealkylation sites (tertiary alicyclic amines) is 1. The van der Waals surface area contributed by atoms with Crippen molar-refractivity contribution in [3.05, 3.63) is 60.4 Å². The van der Waals surface area contributed by atoms with Crippen LogP contribution in [0.5, 0.6) is 0 Å². The van der Waals surface area contributed by atoms with Crippen molar-refractivity contribution in [3.63, 3.8) is 0 Å². The Morgan fingerprint density at radius 3 is 2.15 bits per heavy atom. The first-order chi connectivity index (χ1) is 19.8. The van der Waals surface area contributed by atoms with E-state index in [-0.39, 0.29) is 12.1 Å². The van der Waals surface area contributed by atoms with E-state index in [1.165, 1.54) is 26.0 Å². The Balaban J connectivity index is 1.10. The van der Waals surface area contributed by atoms with Gasteiger partial charge in [-0.15, -0.1) is 0 Å². The Bertz CT molecular complexity index is 1600. The number of nitrogens with zero attached hydrogens (tertiary/aromatic N) is 3. The summed E-state index contributed by atoms with van der Waals surface area (Å²) >= 11 is 3.61. The molecule has 212 valence electrons. The Labute approximate surface area is 248 Å². The lowest BCUT2D eigenvalue weighted by atomic mass is 10.1. The van der Waals surface area contributed by atoms with Gasteiger partial charge in [0.05, 0.1) is 35.9 Å². The maximum absolute atomic E-state index is 12.8. The van der Waals surface area contributed by atoms with Crippen LogP contribution in [0.15, 0.2) is 68.4 Å². The number of benzene rings is 2. The summed E-state index contributed by atoms with van der Waals surface area (Å²) < 4.78 is 5.65. The van der Waals surface area contributed by atoms with Gasteiger partial charge in [0.1, 0.15) is 17.2 Å². The number of imidazole rings is 2. The molecule has 0 saturated carbocycles. The van der Waals surface area contributed by atoms with Gasteiger partial charge in [-0.2, -0.15) is 0 Å². The first kappa shape index (κ1) is 26.7. The van der Waals surface area contributed by atoms with Crippen LogP contribution in [0.4, 0.5) is 4.79 Å². The number of hydrogen-bond donors (Lipinski definition) is 3. The van der Waals surface area contributed by atoms with E-state index in [0.717, 1.165) is 60.0 Å². The second-order valence-corrected chi connectivity index (χ2v) is 14.0. The molecule has 8 nitrogen and oxygen atoms in total. The zero-order chi connectivity index (χ0) is 28.1. The molecule has 5 heterocycles. The van der Waals surface area contributed by atoms with Crippen molar-refractivity contribution in [1.82, 2.24) is 30.2 Å². The van der Waals surface area contributed by atoms with Gasteiger partial charge in [0.15, 0.2) is 0 Å². The molecule has 2 fully saturated rings. The number of hydrogen-bond acceptors (Lipinski definition) is 7. The van der Waals surface area contributed by atoms with Crippen molar-refractivity contribution in [2.24, 2.45) is 0 Å². The van der Waals surface area contributed by atoms with Crippen LogP contribution in [0.3, 0.4) is 0 Å². The summed E-state index contributed by atoms with van der Waals surface area (Å²) in [6.45, 7) is 7.43. The molecular weight excluding hydrogens is 553 g/mol. The lowest BCUT2D eigenvalue weighted by molar-refractivity contribution is 0.0218. The average Bonchev–Trinajstić information content (AvgIpc) is 3.76. The molecule has 3 aliphatic rings. The number of amides is 1. The van der Waals surface area contributed by atoms with Crippen LogP contribution < -0.4 is 5.32 Å². The lowest BCUT2D eigenvalue weighted by Crippen LogP contribution is -2.36. The van der Waals surface area contributed by atoms with Gasteiger partial charge in [-0.25, -0.2) is 14.8 Å². The van der Waals surface area contributed by atoms with Crippen molar-refractivity contribution in [2.45, 2.75) is 83.7 Å². The summed E-state index contributed by atoms with van der Waals surface area (Å²) in [6.07, 6.45) is 7.68. The minimum atomic E-state index is -0.523. The van der Waals surface area contributed by atoms with E-state index >= 15 is 0 Å². The highest BCUT2D eigenvalue weighted by Crippen LogP contribution is 2.50. The summed E-state index contributed by atoms with van der Waals surface area (Å²) in [5.74, 6) is 1.84. The third-order valence-electron chi connectivity index (χ3n) is 7.73. The topological polar surface area (TPSA) is 98.9 Å². The molecule has 4 aromatic rings. The zero-order valence-electron chi connectivity index (χ0n) is 23.5. The molecule has 0 aliphatic carbocycles. The number of fused-ring (bicyclic) bond motifs is 2. The number of carbonyl (C=O) groups excluding carboxylic acids is 1. The zero-order valence-corrected chi connectivity index (χ0v) is 25.1. The molecule has 1 amide bonds. The Morgan fingerprint density at radius 2 is 1.51 bits per heavy atom. The molecular formula is C31H34N6O2S2. The smallest absolute Gasteiger partial charge is 0.410 e. The van der Waals surface area contributed by atoms with E-state index in [2.05, 4.69) is 56.7 Å². The monoisotopic (exact) mass is 586 g/mol. The second-order valence-electron chi connectivity index (χ2n) is 11.9. The van der Waals surface area contributed by atoms with E-state index < -0.39 is 5.60 Å². The van der Waals surface area contributed by atoms with Crippen molar-refractivity contribution >= 4 is 29.6 Å². The van der Waals surface area contributed by atoms with Crippen LogP contribution >= 0.6 is 23.5 Å². The number of nitrogens with one attached hydrogen (secondary N) is 3. The van der Waals surface area contributed by atoms with E-state index in [1.54, 1.807) is 16.7 Å². The van der Waals surface area contributed by atoms with Gasteiger partial charge in [-0.1, -0.05) is 35.7 Å². The van der Waals surface area contributed by atoms with Crippen LogP contribution in [0.25, 0.3) is 22.5 Å². The Morgan fingerprint density at radius 1 is 0.878 bits per heavy atom. The van der Waals surface area contributed by atoms with E-state index in [1.807, 2.05) is 44.9 Å². The molecule has 10 heteroatoms. The normalized spacial score (nSPS) is 20.2. The number of rotatable bonds is 4. The molecule has 7 rings (SSSR count). The highest BCUT2D eigenvalue weighted by Gasteiger charge is 2.35. The first-order valence-corrected chi connectivity index (χ1v) is 15.9.